The summed E-state index contributed by atoms with van der Waals surface area (Å²) in [6, 6.07) is 4.90. The molecule has 1 aromatic carbocycles. The van der Waals surface area contributed by atoms with Gasteiger partial charge in [-0.1, -0.05) is 17.9 Å². The van der Waals surface area contributed by atoms with E-state index in [0.717, 1.165) is 25.9 Å². The molecule has 2 fully saturated rings. The number of likely N-dealkylation sites (tertiary alicyclic amines) is 1. The number of carbonyl (C=O) groups excluding carboxylic acids is 3. The second-order valence-corrected chi connectivity index (χ2v) is 10.8. The summed E-state index contributed by atoms with van der Waals surface area (Å²) in [5.74, 6) is 5.67. The molecular weight excluding hydrogens is 474 g/mol. The number of hydrogen-bond donors (Lipinski definition) is 1. The zero-order valence-electron chi connectivity index (χ0n) is 22.2. The second kappa shape index (κ2) is 10.4. The number of piperidine rings is 2. The number of nitrogens with zero attached hydrogens (tertiary/aromatic N) is 4. The Morgan fingerprint density at radius 1 is 1.16 bits per heavy atom. The SMILES string of the molecule is CN(C(=O)OC(C)(C)C)C1CCN(CC#Cc2cccc3c2n(C)c(=O)n3C2CCC(=O)NC2=O)CC1. The van der Waals surface area contributed by atoms with Crippen molar-refractivity contribution in [3.63, 3.8) is 0 Å². The molecule has 2 aromatic rings. The first-order valence-electron chi connectivity index (χ1n) is 12.7. The van der Waals surface area contributed by atoms with Crippen LogP contribution in [0.1, 0.15) is 58.1 Å². The molecule has 4 rings (SSSR count). The van der Waals surface area contributed by atoms with Gasteiger partial charge in [0.15, 0.2) is 0 Å². The van der Waals surface area contributed by atoms with Gasteiger partial charge in [-0.3, -0.25) is 28.9 Å². The third-order valence-electron chi connectivity index (χ3n) is 6.94. The summed E-state index contributed by atoms with van der Waals surface area (Å²) >= 11 is 0. The van der Waals surface area contributed by atoms with Crippen LogP contribution in [0.15, 0.2) is 23.0 Å². The normalized spacial score (nSPS) is 19.3. The molecule has 0 aliphatic carbocycles. The standard InChI is InChI=1S/C27H35N5O5/c1-27(2,3)37-26(36)29(4)19-13-16-31(17-14-19)15-7-9-18-8-6-10-20-23(18)30(5)25(35)32(20)21-11-12-22(33)28-24(21)34/h6,8,10,19,21H,11-17H2,1-5H3,(H,28,33,34). The van der Waals surface area contributed by atoms with E-state index in [9.17, 15) is 19.2 Å². The van der Waals surface area contributed by atoms with E-state index in [2.05, 4.69) is 22.1 Å². The number of fused-ring (bicyclic) bond motifs is 1. The maximum Gasteiger partial charge on any atom is 0.410 e. The van der Waals surface area contributed by atoms with Crippen LogP contribution in [0.4, 0.5) is 4.79 Å². The molecular formula is C27H35N5O5. The molecule has 0 spiro atoms. The zero-order valence-corrected chi connectivity index (χ0v) is 22.2. The van der Waals surface area contributed by atoms with E-state index in [0.29, 0.717) is 29.6 Å². The number of imidazole rings is 1. The summed E-state index contributed by atoms with van der Waals surface area (Å²) in [6.45, 7) is 7.80. The fourth-order valence-corrected chi connectivity index (χ4v) is 4.96. The molecule has 37 heavy (non-hydrogen) atoms. The van der Waals surface area contributed by atoms with Crippen LogP contribution in [-0.4, -0.2) is 75.2 Å². The summed E-state index contributed by atoms with van der Waals surface area (Å²) in [5, 5.41) is 2.33. The topological polar surface area (TPSA) is 106 Å². The molecule has 1 atom stereocenters. The Labute approximate surface area is 216 Å². The van der Waals surface area contributed by atoms with Crippen molar-refractivity contribution < 1.29 is 19.1 Å². The molecule has 0 saturated carbocycles. The van der Waals surface area contributed by atoms with Gasteiger partial charge in [0.05, 0.1) is 23.1 Å². The average Bonchev–Trinajstić information content (AvgIpc) is 3.09. The van der Waals surface area contributed by atoms with Crippen molar-refractivity contribution in [1.82, 2.24) is 24.3 Å². The number of amides is 3. The number of carbonyl (C=O) groups is 3. The van der Waals surface area contributed by atoms with Gasteiger partial charge < -0.3 is 9.64 Å². The summed E-state index contributed by atoms with van der Waals surface area (Å²) in [5.41, 5.74) is 1.18. The Kier molecular flexibility index (Phi) is 7.46. The van der Waals surface area contributed by atoms with Crippen molar-refractivity contribution in [2.75, 3.05) is 26.7 Å². The minimum Gasteiger partial charge on any atom is -0.444 e. The van der Waals surface area contributed by atoms with Gasteiger partial charge >= 0.3 is 11.8 Å². The van der Waals surface area contributed by atoms with Crippen molar-refractivity contribution in [3.05, 3.63) is 34.2 Å². The second-order valence-electron chi connectivity index (χ2n) is 10.8. The van der Waals surface area contributed by atoms with Crippen LogP contribution in [0.25, 0.3) is 11.0 Å². The molecule has 2 aliphatic heterocycles. The molecule has 1 aromatic heterocycles. The minimum absolute atomic E-state index is 0.134. The highest BCUT2D eigenvalue weighted by Crippen LogP contribution is 2.25. The molecule has 2 saturated heterocycles. The summed E-state index contributed by atoms with van der Waals surface area (Å²) in [6.07, 6.45) is 1.88. The number of benzene rings is 1. The number of ether oxygens (including phenoxy) is 1. The number of hydrogen-bond acceptors (Lipinski definition) is 6. The van der Waals surface area contributed by atoms with E-state index in [1.165, 1.54) is 9.13 Å². The van der Waals surface area contributed by atoms with Crippen LogP contribution >= 0.6 is 0 Å². The van der Waals surface area contributed by atoms with Crippen molar-refractivity contribution in [1.29, 1.82) is 0 Å². The number of aryl methyl sites for hydroxylation is 1. The van der Waals surface area contributed by atoms with Gasteiger partial charge in [-0.25, -0.2) is 9.59 Å². The monoisotopic (exact) mass is 509 g/mol. The van der Waals surface area contributed by atoms with Gasteiger partial charge in [-0.2, -0.15) is 0 Å². The lowest BCUT2D eigenvalue weighted by Gasteiger charge is -2.36. The highest BCUT2D eigenvalue weighted by atomic mass is 16.6. The first-order chi connectivity index (χ1) is 17.5. The zero-order chi connectivity index (χ0) is 26.9. The Bertz CT molecular complexity index is 1330. The van der Waals surface area contributed by atoms with E-state index in [-0.39, 0.29) is 30.2 Å². The lowest BCUT2D eigenvalue weighted by molar-refractivity contribution is -0.135. The van der Waals surface area contributed by atoms with Crippen LogP contribution in [0, 0.1) is 11.8 Å². The van der Waals surface area contributed by atoms with Crippen LogP contribution < -0.4 is 11.0 Å². The van der Waals surface area contributed by atoms with Gasteiger partial charge in [-0.15, -0.1) is 0 Å². The molecule has 0 radical (unpaired) electrons. The molecule has 10 nitrogen and oxygen atoms in total. The van der Waals surface area contributed by atoms with E-state index in [1.54, 1.807) is 25.1 Å². The lowest BCUT2D eigenvalue weighted by Crippen LogP contribution is -2.47. The Balaban J connectivity index is 1.44. The number of nitrogens with one attached hydrogen (secondary N) is 1. The molecule has 1 N–H and O–H groups in total. The lowest BCUT2D eigenvalue weighted by atomic mass is 10.0. The largest absolute Gasteiger partial charge is 0.444 e. The minimum atomic E-state index is -0.725. The fourth-order valence-electron chi connectivity index (χ4n) is 4.96. The van der Waals surface area contributed by atoms with E-state index in [1.807, 2.05) is 32.9 Å². The van der Waals surface area contributed by atoms with Crippen molar-refractivity contribution in [2.24, 2.45) is 7.05 Å². The highest BCUT2D eigenvalue weighted by Gasteiger charge is 2.32. The van der Waals surface area contributed by atoms with Gasteiger partial charge in [0.25, 0.3) is 0 Å². The molecule has 198 valence electrons. The first-order valence-corrected chi connectivity index (χ1v) is 12.7. The number of aromatic nitrogens is 2. The number of rotatable bonds is 3. The summed E-state index contributed by atoms with van der Waals surface area (Å²) in [4.78, 5) is 53.4. The number of para-hydroxylation sites is 1. The predicted octanol–water partition coefficient (Wildman–Crippen LogP) is 2.00. The van der Waals surface area contributed by atoms with Gasteiger partial charge in [-0.05, 0) is 52.2 Å². The van der Waals surface area contributed by atoms with Crippen LogP contribution in [0.2, 0.25) is 0 Å². The molecule has 0 bridgehead atoms. The third-order valence-corrected chi connectivity index (χ3v) is 6.94. The van der Waals surface area contributed by atoms with Crippen molar-refractivity contribution in [2.45, 2.75) is 64.1 Å². The molecule has 2 aliphatic rings. The van der Waals surface area contributed by atoms with Gasteiger partial charge in [0.1, 0.15) is 11.6 Å². The van der Waals surface area contributed by atoms with Crippen LogP contribution in [-0.2, 0) is 21.4 Å². The molecule has 3 heterocycles. The first kappa shape index (κ1) is 26.5. The fraction of sp³-hybridized carbons (Fsp3) is 0.556. The third kappa shape index (κ3) is 5.72. The summed E-state index contributed by atoms with van der Waals surface area (Å²) < 4.78 is 8.47. The molecule has 3 amide bonds. The molecule has 10 heteroatoms. The van der Waals surface area contributed by atoms with E-state index < -0.39 is 17.6 Å². The molecule has 1 unspecified atom stereocenters. The Morgan fingerprint density at radius 2 is 1.86 bits per heavy atom. The van der Waals surface area contributed by atoms with Crippen molar-refractivity contribution in [3.8, 4) is 11.8 Å². The Morgan fingerprint density at radius 3 is 2.51 bits per heavy atom. The quantitative estimate of drug-likeness (QED) is 0.501. The highest BCUT2D eigenvalue weighted by molar-refractivity contribution is 6.00. The van der Waals surface area contributed by atoms with E-state index >= 15 is 0 Å². The number of imide groups is 1. The Hall–Kier alpha value is -3.58. The van der Waals surface area contributed by atoms with Crippen LogP contribution in [0.5, 0.6) is 0 Å². The van der Waals surface area contributed by atoms with E-state index in [4.69, 9.17) is 4.74 Å². The van der Waals surface area contributed by atoms with Crippen molar-refractivity contribution >= 4 is 28.9 Å². The predicted molar refractivity (Wildman–Crippen MR) is 139 cm³/mol. The average molecular weight is 510 g/mol. The maximum absolute atomic E-state index is 13.1. The smallest absolute Gasteiger partial charge is 0.410 e. The maximum atomic E-state index is 13.1. The van der Waals surface area contributed by atoms with Gasteiger partial charge in [0, 0.05) is 39.6 Å². The van der Waals surface area contributed by atoms with Crippen LogP contribution in [0.3, 0.4) is 0 Å². The van der Waals surface area contributed by atoms with Gasteiger partial charge in [0.2, 0.25) is 11.8 Å². The summed E-state index contributed by atoms with van der Waals surface area (Å²) in [7, 11) is 3.46.